The molecule has 0 spiro atoms. The molecule has 0 saturated carbocycles. The van der Waals surface area contributed by atoms with Crippen LogP contribution < -0.4 is 5.32 Å². The maximum atomic E-state index is 12.3. The number of nitrogens with one attached hydrogen (secondary N) is 1. The number of anilines is 1. The van der Waals surface area contributed by atoms with Crippen molar-refractivity contribution >= 4 is 5.95 Å². The van der Waals surface area contributed by atoms with Gasteiger partial charge in [0.1, 0.15) is 0 Å². The highest BCUT2D eigenvalue weighted by Gasteiger charge is 2.26. The predicted octanol–water partition coefficient (Wildman–Crippen LogP) is 3.98. The first-order chi connectivity index (χ1) is 11.2. The van der Waals surface area contributed by atoms with Gasteiger partial charge in [0.2, 0.25) is 5.95 Å². The van der Waals surface area contributed by atoms with Crippen LogP contribution in [-0.4, -0.2) is 25.9 Å². The van der Waals surface area contributed by atoms with Crippen molar-refractivity contribution in [1.82, 2.24) is 19.7 Å². The summed E-state index contributed by atoms with van der Waals surface area (Å²) in [6.07, 6.45) is -3.75. The summed E-state index contributed by atoms with van der Waals surface area (Å²) in [7, 11) is 0. The molecule has 8 heteroatoms. The van der Waals surface area contributed by atoms with Crippen molar-refractivity contribution in [2.24, 2.45) is 0 Å². The molecule has 0 bridgehead atoms. The molecule has 2 aromatic heterocycles. The lowest BCUT2D eigenvalue weighted by Crippen LogP contribution is -2.13. The minimum absolute atomic E-state index is 0.0943. The Bertz CT molecular complexity index is 694. The standard InChI is InChI=1S/C16H22F3N5/c1-5-24-12(4)14(11(3)23-24)10(2)21-15-20-9-7-13(22-15)6-8-16(17,18)19/h7,9-10H,5-6,8H2,1-4H3,(H,20,21,22)/t10-/m0/s1. The summed E-state index contributed by atoms with van der Waals surface area (Å²) in [5, 5.41) is 7.63. The third-order valence-electron chi connectivity index (χ3n) is 3.89. The second kappa shape index (κ2) is 7.19. The SMILES string of the molecule is CCn1nc(C)c([C@H](C)Nc2nccc(CCC(F)(F)F)n2)c1C. The van der Waals surface area contributed by atoms with Gasteiger partial charge in [-0.25, -0.2) is 9.97 Å². The lowest BCUT2D eigenvalue weighted by Gasteiger charge is -2.15. The molecule has 0 unspecified atom stereocenters. The fourth-order valence-electron chi connectivity index (χ4n) is 2.79. The number of rotatable bonds is 6. The van der Waals surface area contributed by atoms with Gasteiger partial charge in [-0.2, -0.15) is 18.3 Å². The highest BCUT2D eigenvalue weighted by atomic mass is 19.4. The van der Waals surface area contributed by atoms with E-state index in [4.69, 9.17) is 0 Å². The molecular weight excluding hydrogens is 319 g/mol. The maximum Gasteiger partial charge on any atom is 0.389 e. The van der Waals surface area contributed by atoms with E-state index >= 15 is 0 Å². The topological polar surface area (TPSA) is 55.6 Å². The normalized spacial score (nSPS) is 13.1. The second-order valence-corrected chi connectivity index (χ2v) is 5.75. The third-order valence-corrected chi connectivity index (χ3v) is 3.89. The van der Waals surface area contributed by atoms with Crippen molar-refractivity contribution in [2.75, 3.05) is 5.32 Å². The molecule has 0 fully saturated rings. The second-order valence-electron chi connectivity index (χ2n) is 5.75. The van der Waals surface area contributed by atoms with Crippen LogP contribution in [-0.2, 0) is 13.0 Å². The molecule has 2 heterocycles. The van der Waals surface area contributed by atoms with Crippen LogP contribution in [0.4, 0.5) is 19.1 Å². The highest BCUT2D eigenvalue weighted by Crippen LogP contribution is 2.25. The minimum atomic E-state index is -4.19. The van der Waals surface area contributed by atoms with E-state index in [1.807, 2.05) is 32.4 Å². The smallest absolute Gasteiger partial charge is 0.348 e. The summed E-state index contributed by atoms with van der Waals surface area (Å²) < 4.78 is 38.9. The van der Waals surface area contributed by atoms with Gasteiger partial charge in [-0.3, -0.25) is 4.68 Å². The average Bonchev–Trinajstić information content (AvgIpc) is 2.79. The number of hydrogen-bond donors (Lipinski definition) is 1. The van der Waals surface area contributed by atoms with Crippen molar-refractivity contribution in [3.05, 3.63) is 34.9 Å². The lowest BCUT2D eigenvalue weighted by molar-refractivity contribution is -0.134. The quantitative estimate of drug-likeness (QED) is 0.863. The van der Waals surface area contributed by atoms with Gasteiger partial charge >= 0.3 is 6.18 Å². The molecule has 132 valence electrons. The summed E-state index contributed by atoms with van der Waals surface area (Å²) in [5.41, 5.74) is 3.40. The molecule has 0 aliphatic rings. The van der Waals surface area contributed by atoms with Crippen molar-refractivity contribution in [1.29, 1.82) is 0 Å². The number of alkyl halides is 3. The largest absolute Gasteiger partial charge is 0.389 e. The molecule has 24 heavy (non-hydrogen) atoms. The summed E-state index contributed by atoms with van der Waals surface area (Å²) >= 11 is 0. The summed E-state index contributed by atoms with van der Waals surface area (Å²) in [6, 6.07) is 1.41. The fraction of sp³-hybridized carbons (Fsp3) is 0.562. The summed E-state index contributed by atoms with van der Waals surface area (Å²) in [6.45, 7) is 8.70. The van der Waals surface area contributed by atoms with Gasteiger partial charge in [0.05, 0.1) is 11.7 Å². The number of aryl methyl sites for hydroxylation is 3. The molecule has 1 atom stereocenters. The van der Waals surface area contributed by atoms with E-state index in [1.54, 1.807) is 0 Å². The Labute approximate surface area is 139 Å². The minimum Gasteiger partial charge on any atom is -0.348 e. The first-order valence-electron chi connectivity index (χ1n) is 7.90. The molecule has 0 amide bonds. The van der Waals surface area contributed by atoms with Gasteiger partial charge in [-0.05, 0) is 40.2 Å². The van der Waals surface area contributed by atoms with Gasteiger partial charge in [-0.1, -0.05) is 0 Å². The zero-order valence-corrected chi connectivity index (χ0v) is 14.3. The average molecular weight is 341 g/mol. The van der Waals surface area contributed by atoms with Crippen molar-refractivity contribution in [3.8, 4) is 0 Å². The molecule has 0 aliphatic carbocycles. The van der Waals surface area contributed by atoms with E-state index < -0.39 is 12.6 Å². The fourth-order valence-corrected chi connectivity index (χ4v) is 2.79. The third kappa shape index (κ3) is 4.46. The molecule has 2 aromatic rings. The molecule has 0 aromatic carbocycles. The van der Waals surface area contributed by atoms with Crippen LogP contribution in [0.5, 0.6) is 0 Å². The number of halogens is 3. The van der Waals surface area contributed by atoms with E-state index in [9.17, 15) is 13.2 Å². The van der Waals surface area contributed by atoms with E-state index in [2.05, 4.69) is 20.4 Å². The Balaban J connectivity index is 2.12. The van der Waals surface area contributed by atoms with Crippen molar-refractivity contribution in [3.63, 3.8) is 0 Å². The van der Waals surface area contributed by atoms with Gasteiger partial charge in [-0.15, -0.1) is 0 Å². The van der Waals surface area contributed by atoms with Crippen LogP contribution in [0.15, 0.2) is 12.3 Å². The maximum absolute atomic E-state index is 12.3. The van der Waals surface area contributed by atoms with Crippen LogP contribution in [0.1, 0.15) is 49.0 Å². The Morgan fingerprint density at radius 2 is 2.00 bits per heavy atom. The Hall–Kier alpha value is -2.12. The van der Waals surface area contributed by atoms with Gasteiger partial charge in [0, 0.05) is 36.1 Å². The molecule has 0 aliphatic heterocycles. The van der Waals surface area contributed by atoms with E-state index in [-0.39, 0.29) is 12.5 Å². The van der Waals surface area contributed by atoms with E-state index in [1.165, 1.54) is 12.3 Å². The van der Waals surface area contributed by atoms with Gasteiger partial charge in [0.15, 0.2) is 0 Å². The molecule has 5 nitrogen and oxygen atoms in total. The summed E-state index contributed by atoms with van der Waals surface area (Å²) in [4.78, 5) is 8.28. The Morgan fingerprint density at radius 3 is 2.58 bits per heavy atom. The summed E-state index contributed by atoms with van der Waals surface area (Å²) in [5.74, 6) is 0.324. The van der Waals surface area contributed by atoms with Gasteiger partial charge in [0.25, 0.3) is 0 Å². The zero-order chi connectivity index (χ0) is 17.9. The molecule has 0 saturated heterocycles. The van der Waals surface area contributed by atoms with Crippen LogP contribution >= 0.6 is 0 Å². The van der Waals surface area contributed by atoms with Gasteiger partial charge < -0.3 is 5.32 Å². The number of nitrogens with zero attached hydrogens (tertiary/aromatic N) is 4. The number of aromatic nitrogens is 4. The first-order valence-corrected chi connectivity index (χ1v) is 7.90. The molecule has 1 N–H and O–H groups in total. The first kappa shape index (κ1) is 18.2. The molecular formula is C16H22F3N5. The zero-order valence-electron chi connectivity index (χ0n) is 14.3. The van der Waals surface area contributed by atoms with Crippen LogP contribution in [0.25, 0.3) is 0 Å². The monoisotopic (exact) mass is 341 g/mol. The lowest BCUT2D eigenvalue weighted by atomic mass is 10.1. The van der Waals surface area contributed by atoms with Crippen LogP contribution in [0, 0.1) is 13.8 Å². The Morgan fingerprint density at radius 1 is 1.29 bits per heavy atom. The van der Waals surface area contributed by atoms with Crippen LogP contribution in [0.2, 0.25) is 0 Å². The molecule has 2 rings (SSSR count). The van der Waals surface area contributed by atoms with E-state index in [0.29, 0.717) is 11.6 Å². The Kier molecular flexibility index (Phi) is 5.46. The van der Waals surface area contributed by atoms with E-state index in [0.717, 1.165) is 23.5 Å². The van der Waals surface area contributed by atoms with Crippen LogP contribution in [0.3, 0.4) is 0 Å². The van der Waals surface area contributed by atoms with Crippen molar-refractivity contribution < 1.29 is 13.2 Å². The molecule has 0 radical (unpaired) electrons. The predicted molar refractivity (Wildman–Crippen MR) is 85.8 cm³/mol. The van der Waals surface area contributed by atoms with Crippen molar-refractivity contribution in [2.45, 2.75) is 59.3 Å². The highest BCUT2D eigenvalue weighted by molar-refractivity contribution is 5.36. The number of hydrogen-bond acceptors (Lipinski definition) is 4.